The van der Waals surface area contributed by atoms with Crippen LogP contribution in [0.3, 0.4) is 0 Å². The maximum absolute atomic E-state index is 13.2. The summed E-state index contributed by atoms with van der Waals surface area (Å²) in [6, 6.07) is 8.18. The standard InChI is InChI=1S/C23H29N7O2/c1-14-4-9-19(16-7-5-15(6-8-16)13-29(2)3)30(12-14)23(32)22(31)27-18-11-25-21(24)17-10-26-28-20(17)18/h5-8,10-11,14,19H,4,9,12-13H2,1-3H3,(H2,24,25)(H,26,28)(H,27,31)/t14-,19+/m0/s1. The highest BCUT2D eigenvalue weighted by Crippen LogP contribution is 2.34. The van der Waals surface area contributed by atoms with Gasteiger partial charge in [-0.3, -0.25) is 14.7 Å². The molecule has 4 rings (SSSR count). The molecule has 3 aromatic rings. The fourth-order valence-electron chi connectivity index (χ4n) is 4.29. The Morgan fingerprint density at radius 3 is 2.69 bits per heavy atom. The Kier molecular flexibility index (Phi) is 6.09. The van der Waals surface area contributed by atoms with Crippen molar-refractivity contribution < 1.29 is 9.59 Å². The van der Waals surface area contributed by atoms with E-state index in [1.165, 1.54) is 18.0 Å². The summed E-state index contributed by atoms with van der Waals surface area (Å²) < 4.78 is 0. The highest BCUT2D eigenvalue weighted by atomic mass is 16.2. The SMILES string of the molecule is C[C@H]1CC[C@H](c2ccc(CN(C)C)cc2)N(C(=O)C(=O)Nc2cnc(N)c3cn[nH]c23)C1. The van der Waals surface area contributed by atoms with Gasteiger partial charge in [-0.15, -0.1) is 0 Å². The number of carbonyl (C=O) groups excluding carboxylic acids is 2. The molecule has 1 aliphatic heterocycles. The third kappa shape index (κ3) is 4.43. The molecule has 1 fully saturated rings. The molecular weight excluding hydrogens is 406 g/mol. The number of nitrogens with one attached hydrogen (secondary N) is 2. The molecule has 0 bridgehead atoms. The molecule has 0 spiro atoms. The topological polar surface area (TPSA) is 120 Å². The number of nitrogens with two attached hydrogens (primary N) is 1. The van der Waals surface area contributed by atoms with Gasteiger partial charge < -0.3 is 20.9 Å². The molecule has 2 amide bonds. The lowest BCUT2D eigenvalue weighted by Gasteiger charge is -2.38. The molecule has 0 aliphatic carbocycles. The molecule has 9 nitrogen and oxygen atoms in total. The van der Waals surface area contributed by atoms with Gasteiger partial charge in [0.05, 0.1) is 35.0 Å². The maximum Gasteiger partial charge on any atom is 0.314 e. The minimum Gasteiger partial charge on any atom is -0.383 e. The van der Waals surface area contributed by atoms with Gasteiger partial charge in [0.2, 0.25) is 0 Å². The molecule has 2 atom stereocenters. The summed E-state index contributed by atoms with van der Waals surface area (Å²) in [5.74, 6) is -0.617. The first-order chi connectivity index (χ1) is 15.3. The van der Waals surface area contributed by atoms with Crippen molar-refractivity contribution in [3.63, 3.8) is 0 Å². The largest absolute Gasteiger partial charge is 0.383 e. The summed E-state index contributed by atoms with van der Waals surface area (Å²) in [4.78, 5) is 34.0. The number of aromatic amines is 1. The first-order valence-corrected chi connectivity index (χ1v) is 10.8. The average molecular weight is 436 g/mol. The minimum atomic E-state index is -0.698. The summed E-state index contributed by atoms with van der Waals surface area (Å²) in [6.45, 7) is 3.49. The number of pyridine rings is 1. The van der Waals surface area contributed by atoms with Crippen LogP contribution >= 0.6 is 0 Å². The number of fused-ring (bicyclic) bond motifs is 1. The highest BCUT2D eigenvalue weighted by molar-refractivity contribution is 6.40. The van der Waals surface area contributed by atoms with Crippen molar-refractivity contribution in [2.24, 2.45) is 5.92 Å². The summed E-state index contributed by atoms with van der Waals surface area (Å²) in [5.41, 5.74) is 9.02. The van der Waals surface area contributed by atoms with E-state index in [1.807, 2.05) is 14.1 Å². The number of H-pyrrole nitrogens is 1. The van der Waals surface area contributed by atoms with E-state index in [4.69, 9.17) is 5.73 Å². The lowest BCUT2D eigenvalue weighted by Crippen LogP contribution is -2.46. The van der Waals surface area contributed by atoms with E-state index in [9.17, 15) is 9.59 Å². The van der Waals surface area contributed by atoms with Gasteiger partial charge in [0.15, 0.2) is 0 Å². The van der Waals surface area contributed by atoms with Crippen LogP contribution in [-0.4, -0.2) is 57.4 Å². The Morgan fingerprint density at radius 2 is 1.97 bits per heavy atom. The zero-order valence-electron chi connectivity index (χ0n) is 18.6. The van der Waals surface area contributed by atoms with Crippen molar-refractivity contribution in [1.82, 2.24) is 25.0 Å². The quantitative estimate of drug-likeness (QED) is 0.542. The number of hydrogen-bond donors (Lipinski definition) is 3. The summed E-state index contributed by atoms with van der Waals surface area (Å²) in [6.07, 6.45) is 4.80. The molecule has 1 aromatic carbocycles. The number of benzene rings is 1. The van der Waals surface area contributed by atoms with Crippen molar-refractivity contribution >= 4 is 34.2 Å². The van der Waals surface area contributed by atoms with Crippen molar-refractivity contribution in [2.75, 3.05) is 31.7 Å². The van der Waals surface area contributed by atoms with Gasteiger partial charge in [0.25, 0.3) is 0 Å². The van der Waals surface area contributed by atoms with Gasteiger partial charge in [-0.2, -0.15) is 5.10 Å². The van der Waals surface area contributed by atoms with Crippen LogP contribution in [0.2, 0.25) is 0 Å². The van der Waals surface area contributed by atoms with Crippen LogP contribution in [0.5, 0.6) is 0 Å². The number of piperidine rings is 1. The second-order valence-electron chi connectivity index (χ2n) is 8.81. The summed E-state index contributed by atoms with van der Waals surface area (Å²) in [5, 5.41) is 10.0. The number of carbonyl (C=O) groups is 2. The van der Waals surface area contributed by atoms with E-state index in [1.54, 1.807) is 4.90 Å². The number of nitrogens with zero attached hydrogens (tertiary/aromatic N) is 4. The molecule has 0 radical (unpaired) electrons. The van der Waals surface area contributed by atoms with Crippen LogP contribution in [0.1, 0.15) is 36.9 Å². The molecule has 0 saturated carbocycles. The van der Waals surface area contributed by atoms with Crippen LogP contribution in [0.15, 0.2) is 36.7 Å². The fraction of sp³-hybridized carbons (Fsp3) is 0.391. The molecule has 168 valence electrons. The Labute approximate surface area is 187 Å². The number of hydrogen-bond acceptors (Lipinski definition) is 6. The highest BCUT2D eigenvalue weighted by Gasteiger charge is 2.34. The zero-order chi connectivity index (χ0) is 22.8. The van der Waals surface area contributed by atoms with E-state index in [0.29, 0.717) is 34.9 Å². The van der Waals surface area contributed by atoms with Crippen molar-refractivity contribution in [3.05, 3.63) is 47.8 Å². The predicted molar refractivity (Wildman–Crippen MR) is 124 cm³/mol. The van der Waals surface area contributed by atoms with Crippen LogP contribution in [0.4, 0.5) is 11.5 Å². The Balaban J connectivity index is 1.54. The molecule has 9 heteroatoms. The first-order valence-electron chi connectivity index (χ1n) is 10.8. The number of rotatable bonds is 4. The van der Waals surface area contributed by atoms with Crippen LogP contribution in [0, 0.1) is 5.92 Å². The summed E-state index contributed by atoms with van der Waals surface area (Å²) >= 11 is 0. The number of nitrogen functional groups attached to an aromatic ring is 1. The maximum atomic E-state index is 13.2. The Bertz CT molecular complexity index is 1120. The molecule has 4 N–H and O–H groups in total. The number of amides is 2. The number of aromatic nitrogens is 3. The van der Waals surface area contributed by atoms with Crippen LogP contribution in [-0.2, 0) is 16.1 Å². The normalized spacial score (nSPS) is 18.8. The zero-order valence-corrected chi connectivity index (χ0v) is 18.6. The van der Waals surface area contributed by atoms with Crippen molar-refractivity contribution in [3.8, 4) is 0 Å². The lowest BCUT2D eigenvalue weighted by atomic mass is 9.89. The van der Waals surface area contributed by atoms with Crippen LogP contribution < -0.4 is 11.1 Å². The Morgan fingerprint density at radius 1 is 1.22 bits per heavy atom. The van der Waals surface area contributed by atoms with Gasteiger partial charge in [-0.05, 0) is 44.0 Å². The van der Waals surface area contributed by atoms with Crippen molar-refractivity contribution in [1.29, 1.82) is 0 Å². The van der Waals surface area contributed by atoms with Gasteiger partial charge in [-0.25, -0.2) is 4.98 Å². The van der Waals surface area contributed by atoms with Gasteiger partial charge in [0, 0.05) is 13.1 Å². The molecule has 1 aliphatic rings. The average Bonchev–Trinajstić information content (AvgIpc) is 3.26. The lowest BCUT2D eigenvalue weighted by molar-refractivity contribution is -0.146. The third-order valence-electron chi connectivity index (χ3n) is 5.90. The second-order valence-corrected chi connectivity index (χ2v) is 8.81. The van der Waals surface area contributed by atoms with Gasteiger partial charge in [-0.1, -0.05) is 31.2 Å². The number of anilines is 2. The van der Waals surface area contributed by atoms with Gasteiger partial charge in [0.1, 0.15) is 5.82 Å². The molecule has 3 heterocycles. The minimum absolute atomic E-state index is 0.130. The molecule has 0 unspecified atom stereocenters. The molecule has 32 heavy (non-hydrogen) atoms. The van der Waals surface area contributed by atoms with Crippen LogP contribution in [0.25, 0.3) is 10.9 Å². The van der Waals surface area contributed by atoms with E-state index in [0.717, 1.165) is 24.9 Å². The predicted octanol–water partition coefficient (Wildman–Crippen LogP) is 2.54. The number of likely N-dealkylation sites (tertiary alicyclic amines) is 1. The second kappa shape index (κ2) is 8.96. The molecule has 1 saturated heterocycles. The molecular formula is C23H29N7O2. The van der Waals surface area contributed by atoms with E-state index < -0.39 is 11.8 Å². The first kappa shape index (κ1) is 21.8. The molecule has 2 aromatic heterocycles. The van der Waals surface area contributed by atoms with E-state index >= 15 is 0 Å². The summed E-state index contributed by atoms with van der Waals surface area (Å²) in [7, 11) is 4.06. The van der Waals surface area contributed by atoms with Gasteiger partial charge >= 0.3 is 11.8 Å². The van der Waals surface area contributed by atoms with E-state index in [2.05, 4.69) is 56.6 Å². The monoisotopic (exact) mass is 435 g/mol. The Hall–Kier alpha value is -3.46. The van der Waals surface area contributed by atoms with E-state index in [-0.39, 0.29) is 6.04 Å². The third-order valence-corrected chi connectivity index (χ3v) is 5.90. The fourth-order valence-corrected chi connectivity index (χ4v) is 4.29. The smallest absolute Gasteiger partial charge is 0.314 e. The van der Waals surface area contributed by atoms with Crippen molar-refractivity contribution in [2.45, 2.75) is 32.4 Å².